The van der Waals surface area contributed by atoms with Crippen molar-refractivity contribution < 1.29 is 66.1 Å². The molecule has 0 unspecified atom stereocenters. The summed E-state index contributed by atoms with van der Waals surface area (Å²) >= 11 is 25.1. The average Bonchev–Trinajstić information content (AvgIpc) is 3.26. The first kappa shape index (κ1) is 56.8. The summed E-state index contributed by atoms with van der Waals surface area (Å²) in [6.07, 6.45) is 0.177. The molecule has 384 valence electrons. The Morgan fingerprint density at radius 2 is 0.958 bits per heavy atom. The molecule has 0 saturated heterocycles. The molecular weight excluding hydrogens is 1110 g/mol. The van der Waals surface area contributed by atoms with Gasteiger partial charge in [0.2, 0.25) is 17.8 Å². The topological polar surface area (TPSA) is 369 Å². The van der Waals surface area contributed by atoms with Crippen LogP contribution >= 0.6 is 46.4 Å². The van der Waals surface area contributed by atoms with E-state index in [4.69, 9.17) is 60.6 Å². The molecule has 5 rings (SSSR count). The minimum atomic E-state index is -4.73. The first-order chi connectivity index (χ1) is 33.3. The summed E-state index contributed by atoms with van der Waals surface area (Å²) in [7, 11) is -18.2. The molecule has 0 bridgehead atoms. The fourth-order valence-electron chi connectivity index (χ4n) is 5.57. The minimum absolute atomic E-state index is 0.000212. The molecule has 0 aliphatic heterocycles. The summed E-state index contributed by atoms with van der Waals surface area (Å²) in [6.45, 7) is 2.47. The molecule has 7 N–H and O–H groups in total. The van der Waals surface area contributed by atoms with Gasteiger partial charge < -0.3 is 30.2 Å². The number of hydrogen-bond acceptors (Lipinski definition) is 21. The molecule has 0 radical (unpaired) electrons. The van der Waals surface area contributed by atoms with E-state index in [-0.39, 0.29) is 110 Å². The van der Waals surface area contributed by atoms with Crippen LogP contribution in [0.3, 0.4) is 0 Å². The number of nitrogens with zero attached hydrogens (tertiary/aromatic N) is 7. The van der Waals surface area contributed by atoms with Crippen molar-refractivity contribution in [1.82, 2.24) is 15.0 Å². The Morgan fingerprint density at radius 1 is 0.535 bits per heavy atom. The molecule has 0 atom stereocenters. The fourth-order valence-corrected chi connectivity index (χ4v) is 8.93. The molecule has 0 aliphatic rings. The summed E-state index contributed by atoms with van der Waals surface area (Å²) < 4.78 is 148. The highest BCUT2D eigenvalue weighted by atomic mass is 35.5. The summed E-state index contributed by atoms with van der Waals surface area (Å²) in [5.41, 5.74) is -0.0377. The van der Waals surface area contributed by atoms with Gasteiger partial charge >= 0.3 is 0 Å². The largest absolute Gasteiger partial charge is 0.491 e. The van der Waals surface area contributed by atoms with E-state index >= 15 is 0 Å². The lowest BCUT2D eigenvalue weighted by molar-refractivity contribution is 0.147. The van der Waals surface area contributed by atoms with Crippen LogP contribution in [0.15, 0.2) is 90.9 Å². The Morgan fingerprint density at radius 3 is 1.35 bits per heavy atom. The van der Waals surface area contributed by atoms with Crippen molar-refractivity contribution in [3.8, 4) is 11.5 Å². The summed E-state index contributed by atoms with van der Waals surface area (Å²) in [5, 5.41) is 24.5. The van der Waals surface area contributed by atoms with E-state index in [0.29, 0.717) is 26.2 Å². The molecule has 1 aromatic heterocycles. The van der Waals surface area contributed by atoms with Crippen LogP contribution in [0.4, 0.5) is 52.0 Å². The van der Waals surface area contributed by atoms with Gasteiger partial charge in [-0.25, -0.2) is 0 Å². The number of hydrogen-bond donors (Lipinski definition) is 7. The maximum Gasteiger partial charge on any atom is 0.296 e. The third kappa shape index (κ3) is 18.4. The molecule has 33 heteroatoms. The quantitative estimate of drug-likeness (QED) is 0.0154. The van der Waals surface area contributed by atoms with Crippen LogP contribution in [0, 0.1) is 0 Å². The highest BCUT2D eigenvalue weighted by molar-refractivity contribution is 7.86. The van der Waals surface area contributed by atoms with E-state index in [1.165, 1.54) is 48.5 Å². The van der Waals surface area contributed by atoms with Crippen LogP contribution in [0.25, 0.3) is 0 Å². The van der Waals surface area contributed by atoms with Crippen molar-refractivity contribution in [2.45, 2.75) is 36.0 Å². The lowest BCUT2D eigenvalue weighted by Crippen LogP contribution is -2.13. The van der Waals surface area contributed by atoms with Crippen LogP contribution in [0.5, 0.6) is 11.5 Å². The first-order valence-electron chi connectivity index (χ1n) is 20.1. The Labute approximate surface area is 426 Å². The molecule has 0 saturated carbocycles. The molecule has 4 aromatic carbocycles. The first-order valence-corrected chi connectivity index (χ1v) is 27.7. The highest BCUT2D eigenvalue weighted by Crippen LogP contribution is 2.41. The SMILES string of the molecule is CCOCCCNc1nc(Nc2cc(Cl)c(N=Nc3ccc(Cl)c(S(=O)(=O)O)c3)cc2OCCCS(=O)(=O)O)nc(Nc2cc(Cl)c(N=Nc3ccc(Cl)c(S(=O)(=O)O)c3)cc2OCCCS(=O)(=O)O)n1. The number of rotatable bonds is 26. The number of nitrogens with one attached hydrogen (secondary N) is 3. The van der Waals surface area contributed by atoms with Gasteiger partial charge in [-0.3, -0.25) is 18.2 Å². The molecule has 71 heavy (non-hydrogen) atoms. The van der Waals surface area contributed by atoms with Crippen molar-refractivity contribution in [1.29, 1.82) is 0 Å². The zero-order valence-corrected chi connectivity index (χ0v) is 42.7. The lowest BCUT2D eigenvalue weighted by Gasteiger charge is -2.17. The molecule has 5 aromatic rings. The fraction of sp³-hybridized carbons (Fsp3) is 0.289. The Balaban J connectivity index is 1.55. The van der Waals surface area contributed by atoms with E-state index in [2.05, 4.69) is 51.4 Å². The molecule has 1 heterocycles. The van der Waals surface area contributed by atoms with Crippen LogP contribution in [0.1, 0.15) is 26.2 Å². The van der Waals surface area contributed by atoms with Crippen LogP contribution in [-0.2, 0) is 45.2 Å². The van der Waals surface area contributed by atoms with E-state index in [1.807, 2.05) is 6.92 Å². The van der Waals surface area contributed by atoms with Gasteiger partial charge in [0.25, 0.3) is 40.5 Å². The van der Waals surface area contributed by atoms with Crippen molar-refractivity contribution in [3.05, 3.63) is 80.8 Å². The maximum atomic E-state index is 11.8. The second kappa shape index (κ2) is 25.0. The molecule has 25 nitrogen and oxygen atoms in total. The van der Waals surface area contributed by atoms with Gasteiger partial charge in [0.15, 0.2) is 0 Å². The van der Waals surface area contributed by atoms with Crippen LogP contribution < -0.4 is 25.4 Å². The molecule has 0 fully saturated rings. The smallest absolute Gasteiger partial charge is 0.296 e. The minimum Gasteiger partial charge on any atom is -0.491 e. The Kier molecular flexibility index (Phi) is 20.0. The number of anilines is 5. The normalized spacial score (nSPS) is 12.4. The Hall–Kier alpha value is -5.15. The van der Waals surface area contributed by atoms with E-state index in [0.717, 1.165) is 12.1 Å². The van der Waals surface area contributed by atoms with E-state index in [9.17, 15) is 51.9 Å². The third-order valence-electron chi connectivity index (χ3n) is 8.72. The van der Waals surface area contributed by atoms with Gasteiger partial charge in [-0.15, -0.1) is 10.2 Å². The molecule has 0 aliphatic carbocycles. The lowest BCUT2D eigenvalue weighted by atomic mass is 10.2. The second-order valence-electron chi connectivity index (χ2n) is 14.2. The summed E-state index contributed by atoms with van der Waals surface area (Å²) in [5.74, 6) is -1.69. The van der Waals surface area contributed by atoms with Gasteiger partial charge in [0, 0.05) is 31.9 Å². The predicted molar refractivity (Wildman–Crippen MR) is 263 cm³/mol. The van der Waals surface area contributed by atoms with Gasteiger partial charge in [0.1, 0.15) is 32.7 Å². The second-order valence-corrected chi connectivity index (χ2v) is 21.7. The molecule has 0 amide bonds. The zero-order chi connectivity index (χ0) is 52.1. The maximum absolute atomic E-state index is 11.8. The standard InChI is InChI=1S/C38H40Cl4N10O15S4/c1-2-65-11-3-10-43-36-46-37(44-30-18-26(41)28(20-32(30)66-12-4-14-68(53,54)55)51-49-22-6-8-24(39)34(16-22)70(59,60)61)48-38(47-36)45-31-19-27(42)29(21-33(31)67-13-5-15-69(56,57)58)52-50-23-7-9-25(40)35(17-23)71(62,63)64/h6-9,16-21H,2-5,10-15H2,1H3,(H,53,54,55)(H,56,57,58)(H,59,60,61)(H,62,63,64)(H3,43,44,45,46,47,48). The summed E-state index contributed by atoms with van der Waals surface area (Å²) in [4.78, 5) is 12.1. The number of ether oxygens (including phenoxy) is 3. The van der Waals surface area contributed by atoms with Gasteiger partial charge in [-0.05, 0) is 74.7 Å². The average molecular weight is 1150 g/mol. The molecular formula is C38H40Cl4N10O15S4. The number of halogens is 4. The Bertz CT molecular complexity index is 3060. The van der Waals surface area contributed by atoms with Crippen molar-refractivity contribution in [2.75, 3.05) is 60.4 Å². The summed E-state index contributed by atoms with van der Waals surface area (Å²) in [6, 6.07) is 12.1. The van der Waals surface area contributed by atoms with E-state index in [1.54, 1.807) is 0 Å². The van der Waals surface area contributed by atoms with Crippen LogP contribution in [0.2, 0.25) is 20.1 Å². The van der Waals surface area contributed by atoms with Gasteiger partial charge in [-0.2, -0.15) is 58.9 Å². The third-order valence-corrected chi connectivity index (χ3v) is 13.6. The zero-order valence-electron chi connectivity index (χ0n) is 36.4. The van der Waals surface area contributed by atoms with Crippen molar-refractivity contribution in [2.24, 2.45) is 20.5 Å². The number of azo groups is 2. The monoisotopic (exact) mass is 1140 g/mol. The van der Waals surface area contributed by atoms with Crippen LogP contribution in [-0.4, -0.2) is 111 Å². The molecule has 0 spiro atoms. The van der Waals surface area contributed by atoms with Crippen molar-refractivity contribution >= 4 is 139 Å². The highest BCUT2D eigenvalue weighted by Gasteiger charge is 2.20. The van der Waals surface area contributed by atoms with Gasteiger partial charge in [-0.1, -0.05) is 46.4 Å². The number of benzene rings is 4. The number of aromatic nitrogens is 3. The van der Waals surface area contributed by atoms with Crippen molar-refractivity contribution in [3.63, 3.8) is 0 Å². The van der Waals surface area contributed by atoms with Gasteiger partial charge in [0.05, 0.1) is 67.6 Å². The predicted octanol–water partition coefficient (Wildman–Crippen LogP) is 9.45. The van der Waals surface area contributed by atoms with E-state index < -0.39 is 61.8 Å².